The molecule has 120 valence electrons. The molecule has 2 N–H and O–H groups in total. The molecular formula is C18H16N4O2. The minimum absolute atomic E-state index is 0.430. The Morgan fingerprint density at radius 2 is 1.75 bits per heavy atom. The molecule has 3 aromatic rings. The first-order valence-corrected chi connectivity index (χ1v) is 7.39. The molecule has 6 heteroatoms. The number of nitrogens with one attached hydrogen (secondary N) is 2. The molecule has 0 saturated carbocycles. The Morgan fingerprint density at radius 1 is 0.958 bits per heavy atom. The van der Waals surface area contributed by atoms with E-state index in [0.29, 0.717) is 17.3 Å². The molecule has 1 amide bonds. The van der Waals surface area contributed by atoms with Crippen LogP contribution >= 0.6 is 0 Å². The molecule has 1 aromatic heterocycles. The molecule has 0 atom stereocenters. The molecule has 0 bridgehead atoms. The summed E-state index contributed by atoms with van der Waals surface area (Å²) in [5.41, 5.74) is 2.30. The van der Waals surface area contributed by atoms with Gasteiger partial charge in [0.1, 0.15) is 17.9 Å². The Hall–Kier alpha value is -3.41. The van der Waals surface area contributed by atoms with E-state index in [9.17, 15) is 4.79 Å². The zero-order chi connectivity index (χ0) is 16.8. The van der Waals surface area contributed by atoms with Crippen molar-refractivity contribution in [3.63, 3.8) is 0 Å². The molecule has 1 heterocycles. The van der Waals surface area contributed by atoms with Gasteiger partial charge in [0.25, 0.3) is 0 Å². The van der Waals surface area contributed by atoms with Gasteiger partial charge in [-0.15, -0.1) is 0 Å². The van der Waals surface area contributed by atoms with Crippen molar-refractivity contribution in [2.24, 2.45) is 0 Å². The number of para-hydroxylation sites is 1. The number of ether oxygens (including phenoxy) is 1. The number of hydrogen-bond acceptors (Lipinski definition) is 5. The second-order valence-electron chi connectivity index (χ2n) is 5.08. The topological polar surface area (TPSA) is 76.1 Å². The highest BCUT2D eigenvalue weighted by Gasteiger charge is 2.06. The quantitative estimate of drug-likeness (QED) is 0.755. The summed E-state index contributed by atoms with van der Waals surface area (Å²) in [5.74, 6) is 1.10. The number of aryl methyl sites for hydroxylation is 1. The minimum atomic E-state index is -0.545. The lowest BCUT2D eigenvalue weighted by molar-refractivity contribution is 0.215. The van der Waals surface area contributed by atoms with E-state index < -0.39 is 6.09 Å². The fraction of sp³-hybridized carbons (Fsp3) is 0.0556. The third kappa shape index (κ3) is 4.30. The number of carbonyl (C=O) groups is 1. The number of anilines is 3. The molecule has 0 aliphatic rings. The molecule has 0 saturated heterocycles. The summed E-state index contributed by atoms with van der Waals surface area (Å²) in [6.07, 6.45) is 0.946. The van der Waals surface area contributed by atoms with Crippen molar-refractivity contribution in [3.05, 3.63) is 72.7 Å². The van der Waals surface area contributed by atoms with Crippen LogP contribution in [0, 0.1) is 6.92 Å². The molecule has 0 aliphatic carbocycles. The summed E-state index contributed by atoms with van der Waals surface area (Å²) in [5, 5.41) is 5.81. The Bertz CT molecular complexity index is 837. The van der Waals surface area contributed by atoms with Gasteiger partial charge < -0.3 is 10.1 Å². The van der Waals surface area contributed by atoms with E-state index in [2.05, 4.69) is 20.6 Å². The van der Waals surface area contributed by atoms with E-state index >= 15 is 0 Å². The predicted octanol–water partition coefficient (Wildman–Crippen LogP) is 4.14. The monoisotopic (exact) mass is 320 g/mol. The van der Waals surface area contributed by atoms with Gasteiger partial charge >= 0.3 is 6.09 Å². The van der Waals surface area contributed by atoms with E-state index in [1.54, 1.807) is 30.3 Å². The van der Waals surface area contributed by atoms with Gasteiger partial charge in [-0.3, -0.25) is 5.32 Å². The summed E-state index contributed by atoms with van der Waals surface area (Å²) >= 11 is 0. The molecule has 6 nitrogen and oxygen atoms in total. The average molecular weight is 320 g/mol. The summed E-state index contributed by atoms with van der Waals surface area (Å²) in [6.45, 7) is 1.89. The number of hydrogen-bond donors (Lipinski definition) is 2. The second kappa shape index (κ2) is 7.23. The maximum atomic E-state index is 11.9. The lowest BCUT2D eigenvalue weighted by Gasteiger charge is -2.09. The van der Waals surface area contributed by atoms with Gasteiger partial charge in [-0.25, -0.2) is 14.8 Å². The van der Waals surface area contributed by atoms with E-state index in [-0.39, 0.29) is 0 Å². The van der Waals surface area contributed by atoms with Crippen molar-refractivity contribution in [1.82, 2.24) is 9.97 Å². The molecule has 0 unspecified atom stereocenters. The number of amides is 1. The Morgan fingerprint density at radius 3 is 2.54 bits per heavy atom. The minimum Gasteiger partial charge on any atom is -0.410 e. The largest absolute Gasteiger partial charge is 0.417 e. The number of rotatable bonds is 4. The van der Waals surface area contributed by atoms with E-state index in [1.165, 1.54) is 6.33 Å². The van der Waals surface area contributed by atoms with Crippen molar-refractivity contribution < 1.29 is 9.53 Å². The SMILES string of the molecule is Cc1cc(Nc2cccc(OC(=O)Nc3ccccc3)c2)ncn1. The van der Waals surface area contributed by atoms with Gasteiger partial charge in [-0.1, -0.05) is 24.3 Å². The molecule has 0 fully saturated rings. The van der Waals surface area contributed by atoms with E-state index in [4.69, 9.17) is 4.74 Å². The van der Waals surface area contributed by atoms with Crippen LogP contribution in [-0.4, -0.2) is 16.1 Å². The highest BCUT2D eigenvalue weighted by molar-refractivity contribution is 5.86. The van der Waals surface area contributed by atoms with Crippen LogP contribution in [0.3, 0.4) is 0 Å². The number of aromatic nitrogens is 2. The van der Waals surface area contributed by atoms with Crippen LogP contribution in [0.5, 0.6) is 5.75 Å². The number of benzene rings is 2. The molecule has 0 radical (unpaired) electrons. The third-order valence-electron chi connectivity index (χ3n) is 3.14. The van der Waals surface area contributed by atoms with Crippen molar-refractivity contribution in [1.29, 1.82) is 0 Å². The van der Waals surface area contributed by atoms with E-state index in [1.807, 2.05) is 37.3 Å². The third-order valence-corrected chi connectivity index (χ3v) is 3.14. The first-order valence-electron chi connectivity index (χ1n) is 7.39. The predicted molar refractivity (Wildman–Crippen MR) is 92.6 cm³/mol. The summed E-state index contributed by atoms with van der Waals surface area (Å²) < 4.78 is 5.30. The lowest BCUT2D eigenvalue weighted by atomic mass is 10.3. The molecule has 0 aliphatic heterocycles. The maximum absolute atomic E-state index is 11.9. The second-order valence-corrected chi connectivity index (χ2v) is 5.08. The van der Waals surface area contributed by atoms with Gasteiger partial charge in [-0.05, 0) is 31.2 Å². The Labute approximate surface area is 139 Å². The first-order chi connectivity index (χ1) is 11.7. The van der Waals surface area contributed by atoms with Gasteiger partial charge in [0.05, 0.1) is 0 Å². The van der Waals surface area contributed by atoms with Crippen LogP contribution in [0.15, 0.2) is 67.0 Å². The maximum Gasteiger partial charge on any atom is 0.417 e. The summed E-state index contributed by atoms with van der Waals surface area (Å²) in [6, 6.07) is 18.0. The highest BCUT2D eigenvalue weighted by Crippen LogP contribution is 2.21. The molecule has 24 heavy (non-hydrogen) atoms. The van der Waals surface area contributed by atoms with Gasteiger partial charge in [-0.2, -0.15) is 0 Å². The van der Waals surface area contributed by atoms with Crippen molar-refractivity contribution in [3.8, 4) is 5.75 Å². The fourth-order valence-corrected chi connectivity index (χ4v) is 2.08. The van der Waals surface area contributed by atoms with Crippen LogP contribution in [0.1, 0.15) is 5.69 Å². The van der Waals surface area contributed by atoms with Crippen LogP contribution in [0.2, 0.25) is 0 Å². The Kier molecular flexibility index (Phi) is 4.67. The van der Waals surface area contributed by atoms with Crippen molar-refractivity contribution >= 4 is 23.3 Å². The summed E-state index contributed by atoms with van der Waals surface area (Å²) in [7, 11) is 0. The molecule has 2 aromatic carbocycles. The lowest BCUT2D eigenvalue weighted by Crippen LogP contribution is -2.16. The van der Waals surface area contributed by atoms with E-state index in [0.717, 1.165) is 11.4 Å². The van der Waals surface area contributed by atoms with Gasteiger partial charge in [0, 0.05) is 29.2 Å². The normalized spacial score (nSPS) is 10.0. The highest BCUT2D eigenvalue weighted by atomic mass is 16.6. The molecular weight excluding hydrogens is 304 g/mol. The summed E-state index contributed by atoms with van der Waals surface area (Å²) in [4.78, 5) is 20.1. The fourth-order valence-electron chi connectivity index (χ4n) is 2.08. The zero-order valence-electron chi connectivity index (χ0n) is 13.1. The van der Waals surface area contributed by atoms with Crippen LogP contribution in [0.25, 0.3) is 0 Å². The average Bonchev–Trinajstić information content (AvgIpc) is 2.56. The standard InChI is InChI=1S/C18H16N4O2/c1-13-10-17(20-12-19-13)21-15-8-5-9-16(11-15)24-18(23)22-14-6-3-2-4-7-14/h2-12H,1H3,(H,22,23)(H,19,20,21). The number of carbonyl (C=O) groups excluding carboxylic acids is 1. The zero-order valence-corrected chi connectivity index (χ0v) is 13.1. The van der Waals surface area contributed by atoms with Crippen LogP contribution in [-0.2, 0) is 0 Å². The van der Waals surface area contributed by atoms with Crippen molar-refractivity contribution in [2.75, 3.05) is 10.6 Å². The van der Waals surface area contributed by atoms with Gasteiger partial charge in [0.15, 0.2) is 0 Å². The van der Waals surface area contributed by atoms with Gasteiger partial charge in [0.2, 0.25) is 0 Å². The Balaban J connectivity index is 1.65. The van der Waals surface area contributed by atoms with Crippen LogP contribution in [0.4, 0.5) is 22.0 Å². The molecule has 3 rings (SSSR count). The smallest absolute Gasteiger partial charge is 0.410 e. The number of nitrogens with zero attached hydrogens (tertiary/aromatic N) is 2. The molecule has 0 spiro atoms. The van der Waals surface area contributed by atoms with Crippen LogP contribution < -0.4 is 15.4 Å². The van der Waals surface area contributed by atoms with Crippen molar-refractivity contribution in [2.45, 2.75) is 6.92 Å². The first kappa shape index (κ1) is 15.5.